The normalized spacial score (nSPS) is 22.6. The summed E-state index contributed by atoms with van der Waals surface area (Å²) in [7, 11) is 1.62. The molecule has 0 radical (unpaired) electrons. The van der Waals surface area contributed by atoms with Gasteiger partial charge in [-0.2, -0.15) is 0 Å². The number of hydrogen-bond donors (Lipinski definition) is 2. The number of rotatable bonds is 4. The van der Waals surface area contributed by atoms with Crippen LogP contribution in [0.1, 0.15) is 18.4 Å². The standard InChI is InChI=1S/C13H18N2O2/c1-14-13(16)15-11-7-12(8-11)17-9-10-5-3-2-4-6-10/h2-6,11-12H,7-9H2,1H3,(H2,14,15,16). The third-order valence-electron chi connectivity index (χ3n) is 2.99. The Balaban J connectivity index is 1.63. The van der Waals surface area contributed by atoms with E-state index in [9.17, 15) is 4.79 Å². The van der Waals surface area contributed by atoms with Gasteiger partial charge in [0.2, 0.25) is 0 Å². The molecule has 4 nitrogen and oxygen atoms in total. The van der Waals surface area contributed by atoms with Crippen molar-refractivity contribution in [1.29, 1.82) is 0 Å². The topological polar surface area (TPSA) is 50.4 Å². The monoisotopic (exact) mass is 234 g/mol. The summed E-state index contributed by atoms with van der Waals surface area (Å²) in [6, 6.07) is 10.3. The predicted octanol–water partition coefficient (Wildman–Crippen LogP) is 1.66. The molecule has 0 aliphatic heterocycles. The van der Waals surface area contributed by atoms with Gasteiger partial charge >= 0.3 is 6.03 Å². The molecule has 0 atom stereocenters. The molecule has 1 fully saturated rings. The molecule has 1 saturated carbocycles. The first-order valence-electron chi connectivity index (χ1n) is 5.91. The van der Waals surface area contributed by atoms with E-state index in [1.807, 2.05) is 18.2 Å². The molecule has 0 bridgehead atoms. The molecule has 0 saturated heterocycles. The van der Waals surface area contributed by atoms with Crippen LogP contribution in [0.5, 0.6) is 0 Å². The number of benzene rings is 1. The van der Waals surface area contributed by atoms with E-state index in [1.165, 1.54) is 5.56 Å². The van der Waals surface area contributed by atoms with E-state index in [-0.39, 0.29) is 18.2 Å². The summed E-state index contributed by atoms with van der Waals surface area (Å²) in [5.74, 6) is 0. The first-order chi connectivity index (χ1) is 8.28. The summed E-state index contributed by atoms with van der Waals surface area (Å²) in [6.45, 7) is 0.651. The van der Waals surface area contributed by atoms with E-state index in [0.29, 0.717) is 6.61 Å². The summed E-state index contributed by atoms with van der Waals surface area (Å²) in [5.41, 5.74) is 1.19. The van der Waals surface area contributed by atoms with Crippen LogP contribution >= 0.6 is 0 Å². The zero-order valence-corrected chi connectivity index (χ0v) is 9.98. The summed E-state index contributed by atoms with van der Waals surface area (Å²) >= 11 is 0. The number of carbonyl (C=O) groups is 1. The quantitative estimate of drug-likeness (QED) is 0.832. The Morgan fingerprint density at radius 2 is 2.06 bits per heavy atom. The van der Waals surface area contributed by atoms with Crippen LogP contribution in [0.2, 0.25) is 0 Å². The molecule has 1 aromatic carbocycles. The zero-order chi connectivity index (χ0) is 12.1. The van der Waals surface area contributed by atoms with E-state index in [4.69, 9.17) is 4.74 Å². The molecule has 0 spiro atoms. The first-order valence-corrected chi connectivity index (χ1v) is 5.91. The van der Waals surface area contributed by atoms with Crippen molar-refractivity contribution in [3.8, 4) is 0 Å². The van der Waals surface area contributed by atoms with Gasteiger partial charge in [-0.15, -0.1) is 0 Å². The van der Waals surface area contributed by atoms with Crippen molar-refractivity contribution in [3.05, 3.63) is 35.9 Å². The first kappa shape index (κ1) is 11.9. The van der Waals surface area contributed by atoms with Crippen LogP contribution in [0.4, 0.5) is 4.79 Å². The maximum atomic E-state index is 11.0. The SMILES string of the molecule is CNC(=O)NC1CC(OCc2ccccc2)C1. The third kappa shape index (κ3) is 3.46. The van der Waals surface area contributed by atoms with Crippen LogP contribution in [-0.2, 0) is 11.3 Å². The highest BCUT2D eigenvalue weighted by Crippen LogP contribution is 2.24. The summed E-state index contributed by atoms with van der Waals surface area (Å²) < 4.78 is 5.74. The second-order valence-corrected chi connectivity index (χ2v) is 4.31. The minimum absolute atomic E-state index is 0.114. The maximum absolute atomic E-state index is 11.0. The van der Waals surface area contributed by atoms with Crippen molar-refractivity contribution in [3.63, 3.8) is 0 Å². The van der Waals surface area contributed by atoms with Gasteiger partial charge in [0.05, 0.1) is 12.7 Å². The second kappa shape index (κ2) is 5.68. The van der Waals surface area contributed by atoms with Gasteiger partial charge in [-0.05, 0) is 18.4 Å². The van der Waals surface area contributed by atoms with Crippen molar-refractivity contribution >= 4 is 6.03 Å². The molecule has 0 aromatic heterocycles. The molecule has 1 aliphatic carbocycles. The highest BCUT2D eigenvalue weighted by atomic mass is 16.5. The third-order valence-corrected chi connectivity index (χ3v) is 2.99. The number of nitrogens with one attached hydrogen (secondary N) is 2. The number of hydrogen-bond acceptors (Lipinski definition) is 2. The van der Waals surface area contributed by atoms with Crippen LogP contribution in [-0.4, -0.2) is 25.2 Å². The van der Waals surface area contributed by atoms with Crippen molar-refractivity contribution in [1.82, 2.24) is 10.6 Å². The van der Waals surface area contributed by atoms with Gasteiger partial charge in [0, 0.05) is 13.1 Å². The Morgan fingerprint density at radius 3 is 2.71 bits per heavy atom. The molecule has 92 valence electrons. The lowest BCUT2D eigenvalue weighted by Gasteiger charge is -2.35. The molecule has 2 amide bonds. The molecule has 4 heteroatoms. The molecule has 17 heavy (non-hydrogen) atoms. The lowest BCUT2D eigenvalue weighted by molar-refractivity contribution is -0.0240. The van der Waals surface area contributed by atoms with Gasteiger partial charge in [0.15, 0.2) is 0 Å². The van der Waals surface area contributed by atoms with Gasteiger partial charge in [-0.3, -0.25) is 0 Å². The van der Waals surface area contributed by atoms with Crippen LogP contribution in [0.15, 0.2) is 30.3 Å². The Hall–Kier alpha value is -1.55. The molecule has 1 aromatic rings. The summed E-state index contributed by atoms with van der Waals surface area (Å²) in [5, 5.41) is 5.41. The minimum Gasteiger partial charge on any atom is -0.373 e. The average molecular weight is 234 g/mol. The van der Waals surface area contributed by atoms with E-state index in [0.717, 1.165) is 12.8 Å². The lowest BCUT2D eigenvalue weighted by atomic mass is 9.89. The van der Waals surface area contributed by atoms with Gasteiger partial charge < -0.3 is 15.4 Å². The molecule has 0 unspecified atom stereocenters. The van der Waals surface area contributed by atoms with Gasteiger partial charge in [0.1, 0.15) is 0 Å². The molecule has 0 heterocycles. The van der Waals surface area contributed by atoms with Crippen LogP contribution in [0.25, 0.3) is 0 Å². The van der Waals surface area contributed by atoms with Crippen molar-refractivity contribution < 1.29 is 9.53 Å². The number of amides is 2. The van der Waals surface area contributed by atoms with Gasteiger partial charge in [-0.25, -0.2) is 4.79 Å². The smallest absolute Gasteiger partial charge is 0.314 e. The second-order valence-electron chi connectivity index (χ2n) is 4.31. The average Bonchev–Trinajstić information content (AvgIpc) is 2.32. The molecular weight excluding hydrogens is 216 g/mol. The Morgan fingerprint density at radius 1 is 1.35 bits per heavy atom. The minimum atomic E-state index is -0.114. The molecule has 2 N–H and O–H groups in total. The van der Waals surface area contributed by atoms with Crippen molar-refractivity contribution in [2.45, 2.75) is 31.6 Å². The Bertz CT molecular complexity index is 361. The fourth-order valence-electron chi connectivity index (χ4n) is 1.87. The van der Waals surface area contributed by atoms with E-state index in [2.05, 4.69) is 22.8 Å². The Labute approximate surface area is 101 Å². The van der Waals surface area contributed by atoms with Gasteiger partial charge in [0.25, 0.3) is 0 Å². The molecule has 2 rings (SSSR count). The van der Waals surface area contributed by atoms with Crippen LogP contribution in [0, 0.1) is 0 Å². The highest BCUT2D eigenvalue weighted by Gasteiger charge is 2.30. The Kier molecular flexibility index (Phi) is 3.98. The largest absolute Gasteiger partial charge is 0.373 e. The fourth-order valence-corrected chi connectivity index (χ4v) is 1.87. The van der Waals surface area contributed by atoms with E-state index >= 15 is 0 Å². The zero-order valence-electron chi connectivity index (χ0n) is 9.98. The maximum Gasteiger partial charge on any atom is 0.314 e. The number of urea groups is 1. The predicted molar refractivity (Wildman–Crippen MR) is 65.6 cm³/mol. The fraction of sp³-hybridized carbons (Fsp3) is 0.462. The summed E-state index contributed by atoms with van der Waals surface area (Å²) in [4.78, 5) is 11.0. The number of ether oxygens (including phenoxy) is 1. The number of carbonyl (C=O) groups excluding carboxylic acids is 1. The van der Waals surface area contributed by atoms with E-state index in [1.54, 1.807) is 7.05 Å². The van der Waals surface area contributed by atoms with Crippen LogP contribution < -0.4 is 10.6 Å². The molecule has 1 aliphatic rings. The highest BCUT2D eigenvalue weighted by molar-refractivity contribution is 5.73. The van der Waals surface area contributed by atoms with Crippen LogP contribution in [0.3, 0.4) is 0 Å². The lowest BCUT2D eigenvalue weighted by Crippen LogP contribution is -2.50. The van der Waals surface area contributed by atoms with E-state index < -0.39 is 0 Å². The van der Waals surface area contributed by atoms with Crippen molar-refractivity contribution in [2.75, 3.05) is 7.05 Å². The summed E-state index contributed by atoms with van der Waals surface area (Å²) in [6.07, 6.45) is 2.08. The van der Waals surface area contributed by atoms with Crippen molar-refractivity contribution in [2.24, 2.45) is 0 Å². The molecular formula is C13H18N2O2. The van der Waals surface area contributed by atoms with Gasteiger partial charge in [-0.1, -0.05) is 30.3 Å².